The lowest BCUT2D eigenvalue weighted by molar-refractivity contribution is -0.122. The summed E-state index contributed by atoms with van der Waals surface area (Å²) in [5, 5.41) is 1.19. The number of nitrogens with zero attached hydrogens (tertiary/aromatic N) is 3. The summed E-state index contributed by atoms with van der Waals surface area (Å²) >= 11 is 8.19. The number of allylic oxidation sites excluding steroid dienone is 1. The Morgan fingerprint density at radius 3 is 2.62 bits per heavy atom. The molecule has 0 N–H and O–H groups in total. The Bertz CT molecular complexity index is 1470. The number of halogens is 1. The Labute approximate surface area is 239 Å². The van der Waals surface area contributed by atoms with E-state index in [1.807, 2.05) is 48.5 Å². The molecule has 0 unspecified atom stereocenters. The number of amidine groups is 1. The highest BCUT2D eigenvalue weighted by atomic mass is 35.5. The van der Waals surface area contributed by atoms with Gasteiger partial charge in [0.1, 0.15) is 11.5 Å². The number of thioether (sulfide) groups is 1. The normalized spacial score (nSPS) is 18.6. The maximum atomic E-state index is 13.7. The number of anilines is 1. The van der Waals surface area contributed by atoms with Crippen molar-refractivity contribution in [2.24, 2.45) is 4.99 Å². The average Bonchev–Trinajstić information content (AvgIpc) is 3.52. The molecule has 3 aromatic rings. The number of rotatable bonds is 7. The summed E-state index contributed by atoms with van der Waals surface area (Å²) in [5.41, 5.74) is 4.88. The molecule has 0 radical (unpaired) electrons. The second-order valence-corrected chi connectivity index (χ2v) is 11.6. The molecule has 1 saturated heterocycles. The van der Waals surface area contributed by atoms with E-state index in [0.29, 0.717) is 20.9 Å². The second kappa shape index (κ2) is 11.0. The Hall–Kier alpha value is -3.42. The number of benzene rings is 2. The molecule has 2 aliphatic heterocycles. The number of amides is 1. The fourth-order valence-electron chi connectivity index (χ4n) is 5.06. The lowest BCUT2D eigenvalue weighted by atomic mass is 9.87. The van der Waals surface area contributed by atoms with Gasteiger partial charge in [-0.05, 0) is 105 Å². The first kappa shape index (κ1) is 27.2. The van der Waals surface area contributed by atoms with E-state index in [2.05, 4.69) is 44.7 Å². The Morgan fingerprint density at radius 1 is 1.18 bits per heavy atom. The molecule has 0 spiro atoms. The second-order valence-electron chi connectivity index (χ2n) is 10.2. The standard InChI is InChI=1S/C31H32ClN3O3S/c1-6-13-35-27-17-26(32)21(15-25(27)20(2)18-31(35,3)4)16-28-29(36)34(19-24-8-7-14-38-24)30(39-28)33-22-9-11-23(37-5)12-10-22/h7-12,14-18H,6,13,19H2,1-5H3/b28-16+,33-30?. The molecule has 0 aliphatic carbocycles. The summed E-state index contributed by atoms with van der Waals surface area (Å²) in [6.45, 7) is 9.99. The number of ether oxygens (including phenoxy) is 1. The minimum Gasteiger partial charge on any atom is -0.497 e. The number of carbonyl (C=O) groups is 1. The number of furan rings is 1. The smallest absolute Gasteiger partial charge is 0.267 e. The van der Waals surface area contributed by atoms with E-state index in [-0.39, 0.29) is 18.0 Å². The number of hydrogen-bond donors (Lipinski definition) is 0. The van der Waals surface area contributed by atoms with Crippen molar-refractivity contribution in [3.63, 3.8) is 0 Å². The van der Waals surface area contributed by atoms with Crippen LogP contribution in [-0.2, 0) is 11.3 Å². The highest BCUT2D eigenvalue weighted by Crippen LogP contribution is 2.43. The van der Waals surface area contributed by atoms with Crippen LogP contribution >= 0.6 is 23.4 Å². The molecule has 0 atom stereocenters. The zero-order chi connectivity index (χ0) is 27.7. The molecule has 6 nitrogen and oxygen atoms in total. The molecule has 2 aromatic carbocycles. The van der Waals surface area contributed by atoms with Gasteiger partial charge in [-0.1, -0.05) is 24.6 Å². The Kier molecular flexibility index (Phi) is 7.65. The molecule has 39 heavy (non-hydrogen) atoms. The molecular formula is C31H32ClN3O3S. The van der Waals surface area contributed by atoms with Gasteiger partial charge in [0, 0.05) is 22.8 Å². The van der Waals surface area contributed by atoms with Crippen molar-refractivity contribution in [2.45, 2.75) is 46.2 Å². The van der Waals surface area contributed by atoms with E-state index in [1.54, 1.807) is 18.3 Å². The quantitative estimate of drug-likeness (QED) is 0.272. The van der Waals surface area contributed by atoms with E-state index in [0.717, 1.165) is 41.2 Å². The van der Waals surface area contributed by atoms with Gasteiger partial charge in [-0.3, -0.25) is 9.69 Å². The molecule has 3 heterocycles. The van der Waals surface area contributed by atoms with Gasteiger partial charge in [-0.2, -0.15) is 0 Å². The minimum absolute atomic E-state index is 0.104. The largest absolute Gasteiger partial charge is 0.497 e. The van der Waals surface area contributed by atoms with Crippen LogP contribution in [0.2, 0.25) is 5.02 Å². The van der Waals surface area contributed by atoms with Crippen molar-refractivity contribution in [1.82, 2.24) is 4.90 Å². The minimum atomic E-state index is -0.140. The maximum Gasteiger partial charge on any atom is 0.267 e. The van der Waals surface area contributed by atoms with Gasteiger partial charge >= 0.3 is 0 Å². The van der Waals surface area contributed by atoms with Crippen LogP contribution in [-0.4, -0.2) is 35.2 Å². The van der Waals surface area contributed by atoms with Crippen molar-refractivity contribution >= 4 is 57.5 Å². The fraction of sp³-hybridized carbons (Fsp3) is 0.290. The van der Waals surface area contributed by atoms with Crippen LogP contribution in [0.4, 0.5) is 11.4 Å². The van der Waals surface area contributed by atoms with Gasteiger partial charge in [-0.25, -0.2) is 4.99 Å². The topological polar surface area (TPSA) is 58.3 Å². The third-order valence-electron chi connectivity index (χ3n) is 6.91. The van der Waals surface area contributed by atoms with E-state index < -0.39 is 0 Å². The molecule has 1 amide bonds. The number of methoxy groups -OCH3 is 1. The van der Waals surface area contributed by atoms with Gasteiger partial charge < -0.3 is 14.1 Å². The van der Waals surface area contributed by atoms with Crippen LogP contribution in [0.3, 0.4) is 0 Å². The third-order valence-corrected chi connectivity index (χ3v) is 8.24. The molecule has 1 aromatic heterocycles. The number of hydrogen-bond acceptors (Lipinski definition) is 6. The fourth-order valence-corrected chi connectivity index (χ4v) is 6.26. The highest BCUT2D eigenvalue weighted by molar-refractivity contribution is 8.18. The van der Waals surface area contributed by atoms with Crippen molar-refractivity contribution in [2.75, 3.05) is 18.6 Å². The van der Waals surface area contributed by atoms with E-state index in [9.17, 15) is 4.79 Å². The molecule has 1 fully saturated rings. The monoisotopic (exact) mass is 561 g/mol. The first-order valence-corrected chi connectivity index (χ1v) is 14.2. The predicted octanol–water partition coefficient (Wildman–Crippen LogP) is 8.16. The number of aliphatic imine (C=N–C) groups is 1. The summed E-state index contributed by atoms with van der Waals surface area (Å²) in [6, 6.07) is 15.2. The lowest BCUT2D eigenvalue weighted by Gasteiger charge is -2.43. The van der Waals surface area contributed by atoms with Gasteiger partial charge in [0.2, 0.25) is 0 Å². The summed E-state index contributed by atoms with van der Waals surface area (Å²) < 4.78 is 10.8. The van der Waals surface area contributed by atoms with Crippen molar-refractivity contribution in [3.05, 3.63) is 87.7 Å². The SMILES string of the molecule is CCCN1c2cc(Cl)c(/C=C3/SC(=Nc4ccc(OC)cc4)N(Cc4ccco4)C3=O)cc2C(C)=CC1(C)C. The number of fused-ring (bicyclic) bond motifs is 1. The van der Waals surface area contributed by atoms with E-state index in [1.165, 1.54) is 17.3 Å². The Balaban J connectivity index is 1.53. The van der Waals surface area contributed by atoms with Gasteiger partial charge in [0.15, 0.2) is 5.17 Å². The summed E-state index contributed by atoms with van der Waals surface area (Å²) in [5.74, 6) is 1.28. The Morgan fingerprint density at radius 2 is 1.95 bits per heavy atom. The molecule has 202 valence electrons. The molecule has 0 saturated carbocycles. The highest BCUT2D eigenvalue weighted by Gasteiger charge is 2.35. The first-order valence-electron chi connectivity index (χ1n) is 13.0. The van der Waals surface area contributed by atoms with Crippen molar-refractivity contribution in [3.8, 4) is 5.75 Å². The van der Waals surface area contributed by atoms with E-state index >= 15 is 0 Å². The van der Waals surface area contributed by atoms with Crippen LogP contribution in [0.25, 0.3) is 11.6 Å². The van der Waals surface area contributed by atoms with Crippen LogP contribution < -0.4 is 9.64 Å². The van der Waals surface area contributed by atoms with Crippen molar-refractivity contribution < 1.29 is 13.9 Å². The molecular weight excluding hydrogens is 530 g/mol. The summed E-state index contributed by atoms with van der Waals surface area (Å²) in [7, 11) is 1.62. The zero-order valence-corrected chi connectivity index (χ0v) is 24.4. The average molecular weight is 562 g/mol. The maximum absolute atomic E-state index is 13.7. The predicted molar refractivity (Wildman–Crippen MR) is 162 cm³/mol. The first-order chi connectivity index (χ1) is 18.7. The molecule has 2 aliphatic rings. The lowest BCUT2D eigenvalue weighted by Crippen LogP contribution is -2.45. The van der Waals surface area contributed by atoms with E-state index in [4.69, 9.17) is 25.7 Å². The summed E-state index contributed by atoms with van der Waals surface area (Å²) in [6.07, 6.45) is 6.81. The van der Waals surface area contributed by atoms with Crippen molar-refractivity contribution in [1.29, 1.82) is 0 Å². The van der Waals surface area contributed by atoms with Crippen LogP contribution in [0.15, 0.2) is 75.2 Å². The van der Waals surface area contributed by atoms with Crippen LogP contribution in [0.1, 0.15) is 51.0 Å². The van der Waals surface area contributed by atoms with Gasteiger partial charge in [-0.15, -0.1) is 0 Å². The molecule has 0 bridgehead atoms. The molecule has 5 rings (SSSR count). The zero-order valence-electron chi connectivity index (χ0n) is 22.8. The van der Waals surface area contributed by atoms with Gasteiger partial charge in [0.05, 0.1) is 36.0 Å². The summed E-state index contributed by atoms with van der Waals surface area (Å²) in [4.78, 5) is 23.0. The van der Waals surface area contributed by atoms with Crippen LogP contribution in [0, 0.1) is 0 Å². The third kappa shape index (κ3) is 5.52. The molecule has 8 heteroatoms. The van der Waals surface area contributed by atoms with Crippen LogP contribution in [0.5, 0.6) is 5.75 Å². The number of carbonyl (C=O) groups excluding carboxylic acids is 1. The van der Waals surface area contributed by atoms with Gasteiger partial charge in [0.25, 0.3) is 5.91 Å².